The predicted molar refractivity (Wildman–Crippen MR) is 96.2 cm³/mol. The third kappa shape index (κ3) is 3.56. The van der Waals surface area contributed by atoms with Gasteiger partial charge in [-0.05, 0) is 39.7 Å². The fourth-order valence-electron chi connectivity index (χ4n) is 3.34. The van der Waals surface area contributed by atoms with Crippen molar-refractivity contribution in [2.75, 3.05) is 0 Å². The summed E-state index contributed by atoms with van der Waals surface area (Å²) in [4.78, 5) is 7.88. The molecule has 160 valence electrons. The van der Waals surface area contributed by atoms with Crippen LogP contribution in [0.5, 0.6) is 5.88 Å². The average Bonchev–Trinajstić information content (AvgIpc) is 3.03. The zero-order chi connectivity index (χ0) is 21.9. The molecule has 1 fully saturated rings. The molecule has 0 saturated heterocycles. The van der Waals surface area contributed by atoms with Crippen LogP contribution in [-0.4, -0.2) is 42.0 Å². The number of alkyl halides is 4. The first-order chi connectivity index (χ1) is 13.9. The predicted octanol–water partition coefficient (Wildman–Crippen LogP) is 4.65. The molecule has 0 N–H and O–H groups in total. The molecule has 1 aliphatic rings. The summed E-state index contributed by atoms with van der Waals surface area (Å²) in [6, 6.07) is 0.995. The minimum absolute atomic E-state index is 0.0968. The van der Waals surface area contributed by atoms with Gasteiger partial charge >= 0.3 is 6.18 Å². The second-order valence-corrected chi connectivity index (χ2v) is 8.20. The van der Waals surface area contributed by atoms with Crippen molar-refractivity contribution in [2.45, 2.75) is 57.0 Å². The monoisotopic (exact) mass is 427 g/mol. The fourth-order valence-corrected chi connectivity index (χ4v) is 3.34. The summed E-state index contributed by atoms with van der Waals surface area (Å²) in [7, 11) is 0. The van der Waals surface area contributed by atoms with Crippen molar-refractivity contribution in [3.05, 3.63) is 36.3 Å². The van der Waals surface area contributed by atoms with Crippen LogP contribution in [-0.2, 0) is 0 Å². The van der Waals surface area contributed by atoms with Crippen molar-refractivity contribution in [1.29, 1.82) is 0 Å². The van der Waals surface area contributed by atoms with E-state index in [0.29, 0.717) is 30.0 Å². The Balaban J connectivity index is 1.63. The van der Waals surface area contributed by atoms with Gasteiger partial charge in [0.2, 0.25) is 0 Å². The molecule has 0 aromatic carbocycles. The van der Waals surface area contributed by atoms with Crippen molar-refractivity contribution in [3.8, 4) is 17.1 Å². The maximum absolute atomic E-state index is 14.4. The minimum Gasteiger partial charge on any atom is -0.460 e. The maximum atomic E-state index is 14.4. The Bertz CT molecular complexity index is 1100. The second-order valence-electron chi connectivity index (χ2n) is 8.20. The number of pyridine rings is 1. The number of fused-ring (bicyclic) bond motifs is 1. The van der Waals surface area contributed by atoms with Gasteiger partial charge in [-0.25, -0.2) is 13.8 Å². The van der Waals surface area contributed by atoms with Crippen LogP contribution >= 0.6 is 0 Å². The van der Waals surface area contributed by atoms with Gasteiger partial charge in [0.05, 0.1) is 11.9 Å². The lowest BCUT2D eigenvalue weighted by Crippen LogP contribution is -2.45. The van der Waals surface area contributed by atoms with Gasteiger partial charge in [-0.1, -0.05) is 0 Å². The van der Waals surface area contributed by atoms with E-state index in [1.165, 1.54) is 19.3 Å². The van der Waals surface area contributed by atoms with Crippen molar-refractivity contribution < 1.29 is 26.7 Å². The van der Waals surface area contributed by atoms with Crippen LogP contribution in [0.25, 0.3) is 16.9 Å². The first-order valence-electron chi connectivity index (χ1n) is 9.18. The highest BCUT2D eigenvalue weighted by Crippen LogP contribution is 2.46. The molecular weight excluding hydrogens is 409 g/mol. The Hall–Kier alpha value is -2.85. The van der Waals surface area contributed by atoms with Crippen LogP contribution in [0.2, 0.25) is 0 Å². The Morgan fingerprint density at radius 1 is 1.13 bits per heavy atom. The van der Waals surface area contributed by atoms with Gasteiger partial charge in [-0.3, -0.25) is 9.38 Å². The number of halogens is 5. The maximum Gasteiger partial charge on any atom is 0.427 e. The molecule has 6 nitrogen and oxygen atoms in total. The first-order valence-corrected chi connectivity index (χ1v) is 9.18. The largest absolute Gasteiger partial charge is 0.460 e. The minimum atomic E-state index is -4.70. The van der Waals surface area contributed by atoms with Gasteiger partial charge in [0.1, 0.15) is 11.5 Å². The Labute approximate surface area is 168 Å². The zero-order valence-electron chi connectivity index (χ0n) is 16.3. The van der Waals surface area contributed by atoms with E-state index in [-0.39, 0.29) is 11.5 Å². The Morgan fingerprint density at radius 3 is 2.43 bits per heavy atom. The summed E-state index contributed by atoms with van der Waals surface area (Å²) >= 11 is 0. The molecule has 0 amide bonds. The molecule has 30 heavy (non-hydrogen) atoms. The SMILES string of the molecule is CC1(F)CC(c2nnc3cnc(-c4cnc(OC(C)(C)C(F)(F)F)c(F)c4)cn23)C1. The van der Waals surface area contributed by atoms with Crippen molar-refractivity contribution in [1.82, 2.24) is 24.6 Å². The van der Waals surface area contributed by atoms with Gasteiger partial charge in [-0.2, -0.15) is 13.2 Å². The van der Waals surface area contributed by atoms with E-state index < -0.39 is 29.1 Å². The van der Waals surface area contributed by atoms with Crippen molar-refractivity contribution >= 4 is 5.65 Å². The third-order valence-electron chi connectivity index (χ3n) is 5.17. The highest BCUT2D eigenvalue weighted by atomic mass is 19.4. The van der Waals surface area contributed by atoms with E-state index in [2.05, 4.69) is 20.2 Å². The molecule has 3 heterocycles. The average molecular weight is 427 g/mol. The van der Waals surface area contributed by atoms with E-state index >= 15 is 0 Å². The van der Waals surface area contributed by atoms with E-state index in [1.807, 2.05) is 0 Å². The van der Waals surface area contributed by atoms with Gasteiger partial charge in [0, 0.05) is 23.9 Å². The van der Waals surface area contributed by atoms with Gasteiger partial charge in [0.25, 0.3) is 5.88 Å². The molecule has 4 rings (SSSR count). The molecule has 11 heteroatoms. The highest BCUT2D eigenvalue weighted by molar-refractivity contribution is 5.59. The normalized spacial score (nSPS) is 22.2. The molecular formula is C19H18F5N5O. The molecule has 1 saturated carbocycles. The van der Waals surface area contributed by atoms with Crippen molar-refractivity contribution in [2.24, 2.45) is 0 Å². The summed E-state index contributed by atoms with van der Waals surface area (Å²) in [6.45, 7) is 3.10. The van der Waals surface area contributed by atoms with E-state index in [4.69, 9.17) is 4.74 Å². The van der Waals surface area contributed by atoms with Crippen LogP contribution in [0.1, 0.15) is 45.4 Å². The van der Waals surface area contributed by atoms with Gasteiger partial charge < -0.3 is 4.74 Å². The van der Waals surface area contributed by atoms with Crippen LogP contribution in [0, 0.1) is 5.82 Å². The van der Waals surface area contributed by atoms with E-state index in [9.17, 15) is 22.0 Å². The number of nitrogens with zero attached hydrogens (tertiary/aromatic N) is 5. The van der Waals surface area contributed by atoms with E-state index in [1.54, 1.807) is 10.6 Å². The van der Waals surface area contributed by atoms with Crippen LogP contribution < -0.4 is 4.74 Å². The number of hydrogen-bond acceptors (Lipinski definition) is 5. The number of aromatic nitrogens is 5. The number of hydrogen-bond donors (Lipinski definition) is 0. The highest BCUT2D eigenvalue weighted by Gasteiger charge is 2.50. The molecule has 3 aromatic rings. The molecule has 0 unspecified atom stereocenters. The molecule has 3 aromatic heterocycles. The standard InChI is InChI=1S/C19H18F5N5O/c1-17(2,19(22,23)24)30-16-12(20)4-10(7-26-16)13-9-29-14(8-25-13)27-28-15(29)11-5-18(3,21)6-11/h4,7-9,11H,5-6H2,1-3H3. The zero-order valence-corrected chi connectivity index (χ0v) is 16.3. The molecule has 1 aliphatic carbocycles. The Morgan fingerprint density at radius 2 is 1.83 bits per heavy atom. The summed E-state index contributed by atoms with van der Waals surface area (Å²) in [6.07, 6.45) is 0.105. The second kappa shape index (κ2) is 6.58. The molecule has 0 atom stereocenters. The lowest BCUT2D eigenvalue weighted by Gasteiger charge is -2.37. The number of rotatable bonds is 4. The smallest absolute Gasteiger partial charge is 0.427 e. The first kappa shape index (κ1) is 20.4. The van der Waals surface area contributed by atoms with Crippen LogP contribution in [0.4, 0.5) is 22.0 Å². The lowest BCUT2D eigenvalue weighted by molar-refractivity contribution is -0.235. The number of ether oxygens (including phenoxy) is 1. The quantitative estimate of drug-likeness (QED) is 0.567. The molecule has 0 aliphatic heterocycles. The molecule has 0 bridgehead atoms. The van der Waals surface area contributed by atoms with Crippen LogP contribution in [0.3, 0.4) is 0 Å². The van der Waals surface area contributed by atoms with E-state index in [0.717, 1.165) is 19.9 Å². The lowest BCUT2D eigenvalue weighted by atomic mass is 9.73. The summed E-state index contributed by atoms with van der Waals surface area (Å²) < 4.78 is 73.6. The van der Waals surface area contributed by atoms with Crippen molar-refractivity contribution in [3.63, 3.8) is 0 Å². The summed E-state index contributed by atoms with van der Waals surface area (Å²) in [5.74, 6) is -1.34. The summed E-state index contributed by atoms with van der Waals surface area (Å²) in [5.41, 5.74) is -2.86. The Kier molecular flexibility index (Phi) is 4.48. The molecule has 0 spiro atoms. The third-order valence-corrected chi connectivity index (χ3v) is 5.17. The van der Waals surface area contributed by atoms with Crippen LogP contribution in [0.15, 0.2) is 24.7 Å². The van der Waals surface area contributed by atoms with Gasteiger partial charge in [0.15, 0.2) is 17.1 Å². The molecule has 0 radical (unpaired) electrons. The topological polar surface area (TPSA) is 65.2 Å². The fraction of sp³-hybridized carbons (Fsp3) is 0.474. The summed E-state index contributed by atoms with van der Waals surface area (Å²) in [5, 5.41) is 8.11. The van der Waals surface area contributed by atoms with Gasteiger partial charge in [-0.15, -0.1) is 10.2 Å².